The highest BCUT2D eigenvalue weighted by molar-refractivity contribution is 5.98. The van der Waals surface area contributed by atoms with E-state index in [0.29, 0.717) is 12.5 Å². The number of likely N-dealkylation sites (N-methyl/N-ethyl adjacent to an activating group) is 2. The van der Waals surface area contributed by atoms with E-state index in [1.54, 1.807) is 7.05 Å². The Labute approximate surface area is 176 Å². The van der Waals surface area contributed by atoms with Gasteiger partial charge >= 0.3 is 12.1 Å². The van der Waals surface area contributed by atoms with Crippen LogP contribution in [0.15, 0.2) is 30.5 Å². The summed E-state index contributed by atoms with van der Waals surface area (Å²) in [5.41, 5.74) is 1.77. The summed E-state index contributed by atoms with van der Waals surface area (Å²) in [4.78, 5) is 40.9. The average Bonchev–Trinajstić information content (AvgIpc) is 3.42. The summed E-state index contributed by atoms with van der Waals surface area (Å²) in [6.45, 7) is 1.42. The predicted molar refractivity (Wildman–Crippen MR) is 105 cm³/mol. The van der Waals surface area contributed by atoms with Gasteiger partial charge in [0.25, 0.3) is 5.91 Å². The van der Waals surface area contributed by atoms with Gasteiger partial charge in [-0.25, -0.2) is 4.79 Å². The van der Waals surface area contributed by atoms with Gasteiger partial charge in [0, 0.05) is 48.8 Å². The first kappa shape index (κ1) is 22.6. The van der Waals surface area contributed by atoms with Crippen molar-refractivity contribution >= 4 is 28.7 Å². The number of carboxylic acid groups (broad SMARTS) is 1. The van der Waals surface area contributed by atoms with E-state index < -0.39 is 12.1 Å². The Bertz CT molecular complexity index is 990. The van der Waals surface area contributed by atoms with Gasteiger partial charge in [-0.2, -0.15) is 13.2 Å². The van der Waals surface area contributed by atoms with Crippen LogP contribution in [0, 0.1) is 5.92 Å². The molecular weight excluding hydrogens is 417 g/mol. The SMILES string of the molecule is CNC(=O)[C@H]1C[C@@H]2CN(C(=O)c3ccc4[nH]ccc4c3)C[C@@H]2N1C.O=C(O)C(F)(F)F. The molecule has 2 fully saturated rings. The molecule has 2 aliphatic heterocycles. The van der Waals surface area contributed by atoms with Gasteiger partial charge in [0.15, 0.2) is 0 Å². The van der Waals surface area contributed by atoms with Crippen molar-refractivity contribution in [2.75, 3.05) is 27.2 Å². The van der Waals surface area contributed by atoms with Crippen LogP contribution in [-0.2, 0) is 9.59 Å². The number of aromatic amines is 1. The maximum Gasteiger partial charge on any atom is 0.490 e. The first-order valence-electron chi connectivity index (χ1n) is 9.63. The molecule has 31 heavy (non-hydrogen) atoms. The van der Waals surface area contributed by atoms with E-state index in [1.807, 2.05) is 42.4 Å². The van der Waals surface area contributed by atoms with Gasteiger partial charge < -0.3 is 20.3 Å². The third-order valence-corrected chi connectivity index (χ3v) is 5.83. The van der Waals surface area contributed by atoms with Crippen molar-refractivity contribution in [2.24, 2.45) is 5.92 Å². The number of nitrogens with one attached hydrogen (secondary N) is 2. The van der Waals surface area contributed by atoms with E-state index in [1.165, 1.54) is 0 Å². The lowest BCUT2D eigenvalue weighted by Crippen LogP contribution is -2.45. The fourth-order valence-electron chi connectivity index (χ4n) is 4.22. The van der Waals surface area contributed by atoms with Crippen LogP contribution in [0.4, 0.5) is 13.2 Å². The largest absolute Gasteiger partial charge is 0.490 e. The highest BCUT2D eigenvalue weighted by atomic mass is 19.4. The molecule has 0 spiro atoms. The Hall–Kier alpha value is -3.08. The number of hydrogen-bond acceptors (Lipinski definition) is 4. The quantitative estimate of drug-likeness (QED) is 0.659. The van der Waals surface area contributed by atoms with Gasteiger partial charge in [-0.15, -0.1) is 0 Å². The minimum atomic E-state index is -5.08. The number of amides is 2. The molecular formula is C20H23F3N4O4. The summed E-state index contributed by atoms with van der Waals surface area (Å²) >= 11 is 0. The van der Waals surface area contributed by atoms with Gasteiger partial charge in [-0.3, -0.25) is 14.5 Å². The second-order valence-corrected chi connectivity index (χ2v) is 7.65. The predicted octanol–water partition coefficient (Wildman–Crippen LogP) is 1.69. The lowest BCUT2D eigenvalue weighted by molar-refractivity contribution is -0.192. The molecule has 0 saturated carbocycles. The maximum atomic E-state index is 12.8. The minimum absolute atomic E-state index is 0.0709. The molecule has 11 heteroatoms. The van der Waals surface area contributed by atoms with Crippen LogP contribution in [0.5, 0.6) is 0 Å². The highest BCUT2D eigenvalue weighted by Gasteiger charge is 2.48. The number of carbonyl (C=O) groups is 3. The number of rotatable bonds is 2. The first-order chi connectivity index (χ1) is 14.5. The number of aromatic nitrogens is 1. The number of aliphatic carboxylic acids is 1. The number of alkyl halides is 3. The summed E-state index contributed by atoms with van der Waals surface area (Å²) in [7, 11) is 3.67. The second kappa shape index (κ2) is 8.58. The van der Waals surface area contributed by atoms with Crippen molar-refractivity contribution in [3.8, 4) is 0 Å². The number of hydrogen-bond donors (Lipinski definition) is 3. The van der Waals surface area contributed by atoms with Gasteiger partial charge in [0.05, 0.1) is 6.04 Å². The molecule has 2 aromatic rings. The molecule has 2 aliphatic rings. The molecule has 0 bridgehead atoms. The van der Waals surface area contributed by atoms with Crippen molar-refractivity contribution in [3.63, 3.8) is 0 Å². The van der Waals surface area contributed by atoms with Crippen molar-refractivity contribution in [2.45, 2.75) is 24.7 Å². The van der Waals surface area contributed by atoms with Crippen LogP contribution in [-0.4, -0.2) is 83.1 Å². The monoisotopic (exact) mass is 440 g/mol. The lowest BCUT2D eigenvalue weighted by Gasteiger charge is -2.25. The standard InChI is InChI=1S/C18H22N4O2.C2HF3O2/c1-19-17(23)15-8-13-9-22(10-16(13)21(15)2)18(24)12-3-4-14-11(7-12)5-6-20-14;3-2(4,5)1(6)7/h3-7,13,15-16,20H,8-10H2,1-2H3,(H,19,23);(H,6,7)/t13-,15-,16+;/m1./s1. The Balaban J connectivity index is 0.000000339. The third-order valence-electron chi connectivity index (χ3n) is 5.83. The van der Waals surface area contributed by atoms with E-state index in [4.69, 9.17) is 9.90 Å². The smallest absolute Gasteiger partial charge is 0.475 e. The summed E-state index contributed by atoms with van der Waals surface area (Å²) in [5, 5.41) is 10.9. The second-order valence-electron chi connectivity index (χ2n) is 7.65. The Kier molecular flexibility index (Phi) is 6.25. The molecule has 2 saturated heterocycles. The summed E-state index contributed by atoms with van der Waals surface area (Å²) in [5.74, 6) is -2.23. The Morgan fingerprint density at radius 3 is 2.45 bits per heavy atom. The van der Waals surface area contributed by atoms with Crippen LogP contribution < -0.4 is 5.32 Å². The number of nitrogens with zero attached hydrogens (tertiary/aromatic N) is 2. The van der Waals surface area contributed by atoms with Crippen LogP contribution in [0.25, 0.3) is 10.9 Å². The minimum Gasteiger partial charge on any atom is -0.475 e. The Morgan fingerprint density at radius 1 is 1.19 bits per heavy atom. The number of H-pyrrole nitrogens is 1. The van der Waals surface area contributed by atoms with Crippen LogP contribution >= 0.6 is 0 Å². The molecule has 3 heterocycles. The van der Waals surface area contributed by atoms with Crippen LogP contribution in [0.2, 0.25) is 0 Å². The molecule has 0 aliphatic carbocycles. The average molecular weight is 440 g/mol. The summed E-state index contributed by atoms with van der Waals surface area (Å²) in [6.07, 6.45) is -2.38. The Morgan fingerprint density at radius 2 is 1.87 bits per heavy atom. The third kappa shape index (κ3) is 4.66. The van der Waals surface area contributed by atoms with Crippen molar-refractivity contribution in [3.05, 3.63) is 36.0 Å². The number of carbonyl (C=O) groups excluding carboxylic acids is 2. The zero-order valence-corrected chi connectivity index (χ0v) is 16.9. The maximum absolute atomic E-state index is 12.8. The molecule has 0 radical (unpaired) electrons. The molecule has 0 unspecified atom stereocenters. The molecule has 168 valence electrons. The fourth-order valence-corrected chi connectivity index (χ4v) is 4.22. The van der Waals surface area contributed by atoms with E-state index in [0.717, 1.165) is 29.4 Å². The number of carboxylic acids is 1. The topological polar surface area (TPSA) is 106 Å². The molecule has 1 aromatic heterocycles. The van der Waals surface area contributed by atoms with Gasteiger partial charge in [0.1, 0.15) is 0 Å². The number of likely N-dealkylation sites (tertiary alicyclic amines) is 2. The first-order valence-corrected chi connectivity index (χ1v) is 9.63. The van der Waals surface area contributed by atoms with Gasteiger partial charge in [-0.05, 0) is 43.7 Å². The van der Waals surface area contributed by atoms with Crippen molar-refractivity contribution in [1.82, 2.24) is 20.1 Å². The van der Waals surface area contributed by atoms with E-state index in [-0.39, 0.29) is 23.9 Å². The summed E-state index contributed by atoms with van der Waals surface area (Å²) in [6, 6.07) is 7.96. The van der Waals surface area contributed by atoms with Crippen LogP contribution in [0.3, 0.4) is 0 Å². The molecule has 4 rings (SSSR count). The number of benzene rings is 1. The van der Waals surface area contributed by atoms with Crippen molar-refractivity contribution in [1.29, 1.82) is 0 Å². The van der Waals surface area contributed by atoms with Crippen molar-refractivity contribution < 1.29 is 32.7 Å². The molecule has 3 N–H and O–H groups in total. The van der Waals surface area contributed by atoms with Crippen LogP contribution in [0.1, 0.15) is 16.8 Å². The van der Waals surface area contributed by atoms with E-state index >= 15 is 0 Å². The normalized spacial score (nSPS) is 23.3. The molecule has 1 aromatic carbocycles. The molecule has 2 amide bonds. The number of halogens is 3. The molecule has 3 atom stereocenters. The molecule has 8 nitrogen and oxygen atoms in total. The lowest BCUT2D eigenvalue weighted by atomic mass is 10.0. The van der Waals surface area contributed by atoms with E-state index in [2.05, 4.69) is 15.2 Å². The van der Waals surface area contributed by atoms with Gasteiger partial charge in [0.2, 0.25) is 5.91 Å². The van der Waals surface area contributed by atoms with Gasteiger partial charge in [-0.1, -0.05) is 0 Å². The highest BCUT2D eigenvalue weighted by Crippen LogP contribution is 2.35. The number of fused-ring (bicyclic) bond motifs is 2. The van der Waals surface area contributed by atoms with E-state index in [9.17, 15) is 22.8 Å². The zero-order chi connectivity index (χ0) is 22.9. The fraction of sp³-hybridized carbons (Fsp3) is 0.450. The zero-order valence-electron chi connectivity index (χ0n) is 16.9. The summed E-state index contributed by atoms with van der Waals surface area (Å²) < 4.78 is 31.7.